The van der Waals surface area contributed by atoms with Crippen LogP contribution in [0.5, 0.6) is 0 Å². The van der Waals surface area contributed by atoms with Gasteiger partial charge in [-0.2, -0.15) is 0 Å². The van der Waals surface area contributed by atoms with Gasteiger partial charge in [-0.15, -0.1) is 5.06 Å². The first-order chi connectivity index (χ1) is 16.7. The van der Waals surface area contributed by atoms with E-state index in [4.69, 9.17) is 20.3 Å². The highest BCUT2D eigenvalue weighted by molar-refractivity contribution is 6.00. The Balaban J connectivity index is 2.30. The van der Waals surface area contributed by atoms with Crippen LogP contribution < -0.4 is 10.8 Å². The van der Waals surface area contributed by atoms with Crippen LogP contribution in [0.2, 0.25) is 0 Å². The van der Waals surface area contributed by atoms with Crippen LogP contribution in [0.25, 0.3) is 11.7 Å². The fourth-order valence-corrected chi connectivity index (χ4v) is 3.68. The van der Waals surface area contributed by atoms with Gasteiger partial charge in [-0.1, -0.05) is 42.5 Å². The van der Waals surface area contributed by atoms with Gasteiger partial charge in [-0.3, -0.25) is 9.63 Å². The molecule has 0 aliphatic heterocycles. The minimum Gasteiger partial charge on any atom is -0.442 e. The zero-order chi connectivity index (χ0) is 26.8. The summed E-state index contributed by atoms with van der Waals surface area (Å²) in [5.41, 5.74) is 8.46. The number of hydrogen-bond donors (Lipinski definition) is 1. The van der Waals surface area contributed by atoms with Crippen molar-refractivity contribution in [2.24, 2.45) is 5.73 Å². The lowest BCUT2D eigenvalue weighted by molar-refractivity contribution is -0.0355. The lowest BCUT2D eigenvalue weighted by Crippen LogP contribution is -2.42. The number of allylic oxidation sites excluding steroid dienone is 1. The Morgan fingerprint density at radius 3 is 2.25 bits per heavy atom. The Hall–Kier alpha value is -3.65. The van der Waals surface area contributed by atoms with E-state index in [-0.39, 0.29) is 5.56 Å². The summed E-state index contributed by atoms with van der Waals surface area (Å²) in [4.78, 5) is 37.1. The quantitative estimate of drug-likeness (QED) is 0.440. The lowest BCUT2D eigenvalue weighted by Gasteiger charge is -2.33. The number of nitrogens with zero attached hydrogens (tertiary/aromatic N) is 3. The van der Waals surface area contributed by atoms with Crippen molar-refractivity contribution >= 4 is 29.4 Å². The largest absolute Gasteiger partial charge is 0.442 e. The molecule has 8 heteroatoms. The van der Waals surface area contributed by atoms with Gasteiger partial charge >= 0.3 is 6.09 Å². The van der Waals surface area contributed by atoms with Gasteiger partial charge in [-0.25, -0.2) is 9.78 Å². The lowest BCUT2D eigenvalue weighted by atomic mass is 10.0. The van der Waals surface area contributed by atoms with Gasteiger partial charge in [0.05, 0.1) is 16.9 Å². The first-order valence-corrected chi connectivity index (χ1v) is 11.9. The molecule has 0 saturated carbocycles. The molecular weight excluding hydrogens is 456 g/mol. The molecule has 36 heavy (non-hydrogen) atoms. The molecule has 8 nitrogen and oxygen atoms in total. The molecule has 0 saturated heterocycles. The van der Waals surface area contributed by atoms with E-state index >= 15 is 0 Å². The molecule has 192 valence electrons. The summed E-state index contributed by atoms with van der Waals surface area (Å²) >= 11 is 0. The summed E-state index contributed by atoms with van der Waals surface area (Å²) in [6.45, 7) is 14.6. The number of hydrogen-bond acceptors (Lipinski definition) is 5. The van der Waals surface area contributed by atoms with Gasteiger partial charge in [0.15, 0.2) is 5.65 Å². The van der Waals surface area contributed by atoms with Crippen molar-refractivity contribution in [1.82, 2.24) is 9.38 Å². The highest BCUT2D eigenvalue weighted by Gasteiger charge is 2.34. The van der Waals surface area contributed by atoms with Crippen molar-refractivity contribution in [2.45, 2.75) is 73.0 Å². The number of carbonyl (C=O) groups is 2. The number of imidazole rings is 1. The van der Waals surface area contributed by atoms with Crippen LogP contribution in [0, 0.1) is 13.8 Å². The van der Waals surface area contributed by atoms with Crippen molar-refractivity contribution in [2.75, 3.05) is 5.06 Å². The van der Waals surface area contributed by atoms with Crippen molar-refractivity contribution in [3.8, 4) is 0 Å². The summed E-state index contributed by atoms with van der Waals surface area (Å²) in [7, 11) is 0. The second kappa shape index (κ2) is 10.1. The fraction of sp³-hybridized carbons (Fsp3) is 0.393. The Kier molecular flexibility index (Phi) is 7.59. The maximum Gasteiger partial charge on any atom is 0.439 e. The SMILES string of the molecule is Cc1nc2c(N(OC(C)(C)C)C(=O)OC(C)(C)C)c(C/C=C/c3ccccc3)c(C(N)=O)cn2c1C. The molecule has 0 fully saturated rings. The minimum atomic E-state index is -0.775. The van der Waals surface area contributed by atoms with Crippen molar-refractivity contribution in [1.29, 1.82) is 0 Å². The van der Waals surface area contributed by atoms with Gasteiger partial charge in [0.25, 0.3) is 5.91 Å². The highest BCUT2D eigenvalue weighted by atomic mass is 16.7. The topological polar surface area (TPSA) is 99.2 Å². The average Bonchev–Trinajstić information content (AvgIpc) is 3.04. The molecule has 2 amide bonds. The average molecular weight is 493 g/mol. The maximum absolute atomic E-state index is 13.5. The predicted octanol–water partition coefficient (Wildman–Crippen LogP) is 5.78. The van der Waals surface area contributed by atoms with Gasteiger partial charge in [0, 0.05) is 17.5 Å². The monoisotopic (exact) mass is 492 g/mol. The fourth-order valence-electron chi connectivity index (χ4n) is 3.68. The first kappa shape index (κ1) is 26.9. The molecule has 0 spiro atoms. The number of aromatic nitrogens is 2. The molecular formula is C28H36N4O4. The number of anilines is 1. The van der Waals surface area contributed by atoms with Gasteiger partial charge in [0.1, 0.15) is 11.3 Å². The summed E-state index contributed by atoms with van der Waals surface area (Å²) in [5, 5.41) is 1.12. The maximum atomic E-state index is 13.5. The van der Waals surface area contributed by atoms with E-state index < -0.39 is 23.2 Å². The second-order valence-electron chi connectivity index (χ2n) is 10.7. The minimum absolute atomic E-state index is 0.266. The number of aryl methyl sites for hydroxylation is 2. The van der Waals surface area contributed by atoms with E-state index in [2.05, 4.69) is 0 Å². The predicted molar refractivity (Wildman–Crippen MR) is 142 cm³/mol. The third kappa shape index (κ3) is 6.31. The van der Waals surface area contributed by atoms with Crippen LogP contribution in [-0.2, 0) is 16.0 Å². The molecule has 0 bridgehead atoms. The summed E-state index contributed by atoms with van der Waals surface area (Å²) in [6, 6.07) is 9.80. The Labute approximate surface area is 212 Å². The van der Waals surface area contributed by atoms with E-state index in [0.29, 0.717) is 23.3 Å². The van der Waals surface area contributed by atoms with Gasteiger partial charge in [-0.05, 0) is 67.4 Å². The molecule has 0 aliphatic rings. The molecule has 1 aromatic carbocycles. The van der Waals surface area contributed by atoms with E-state index in [0.717, 1.165) is 22.0 Å². The molecule has 0 radical (unpaired) electrons. The Morgan fingerprint density at radius 1 is 1.06 bits per heavy atom. The standard InChI is InChI=1S/C28H36N4O4/c1-18-19(2)31-17-22(24(29)33)21(16-12-15-20-13-10-9-11-14-20)23(25(31)30-18)32(36-28(6,7)8)26(34)35-27(3,4)5/h9-15,17H,16H2,1-8H3,(H2,29,33)/b15-12+. The molecule has 0 aliphatic carbocycles. The molecule has 0 atom stereocenters. The number of amides is 2. The number of pyridine rings is 1. The van der Waals surface area contributed by atoms with Crippen LogP contribution in [0.4, 0.5) is 10.5 Å². The van der Waals surface area contributed by atoms with E-state index in [9.17, 15) is 9.59 Å². The number of hydroxylamine groups is 1. The normalized spacial score (nSPS) is 12.3. The number of fused-ring (bicyclic) bond motifs is 1. The molecule has 0 unspecified atom stereocenters. The number of nitrogens with two attached hydrogens (primary N) is 1. The first-order valence-electron chi connectivity index (χ1n) is 11.9. The highest BCUT2D eigenvalue weighted by Crippen LogP contribution is 2.34. The van der Waals surface area contributed by atoms with Crippen LogP contribution in [0.3, 0.4) is 0 Å². The van der Waals surface area contributed by atoms with Crippen LogP contribution in [0.1, 0.15) is 74.4 Å². The van der Waals surface area contributed by atoms with Crippen LogP contribution in [0.15, 0.2) is 42.6 Å². The smallest absolute Gasteiger partial charge is 0.439 e. The molecule has 3 aromatic rings. The third-order valence-electron chi connectivity index (χ3n) is 5.29. The van der Waals surface area contributed by atoms with E-state index in [1.165, 1.54) is 0 Å². The van der Waals surface area contributed by atoms with Crippen molar-refractivity contribution in [3.05, 3.63) is 70.7 Å². The zero-order valence-electron chi connectivity index (χ0n) is 22.4. The molecule has 2 aromatic heterocycles. The summed E-state index contributed by atoms with van der Waals surface area (Å²) in [5.74, 6) is -0.619. The van der Waals surface area contributed by atoms with E-state index in [1.807, 2.05) is 77.1 Å². The van der Waals surface area contributed by atoms with Crippen LogP contribution in [-0.4, -0.2) is 32.6 Å². The summed E-state index contributed by atoms with van der Waals surface area (Å²) < 4.78 is 7.47. The van der Waals surface area contributed by atoms with Crippen LogP contribution >= 0.6 is 0 Å². The van der Waals surface area contributed by atoms with Gasteiger partial charge < -0.3 is 14.9 Å². The second-order valence-corrected chi connectivity index (χ2v) is 10.7. The number of rotatable bonds is 6. The van der Waals surface area contributed by atoms with E-state index in [1.54, 1.807) is 31.4 Å². The molecule has 2 heterocycles. The molecule has 3 rings (SSSR count). The number of ether oxygens (including phenoxy) is 1. The van der Waals surface area contributed by atoms with Crippen molar-refractivity contribution < 1.29 is 19.2 Å². The number of carbonyl (C=O) groups excluding carboxylic acids is 2. The summed E-state index contributed by atoms with van der Waals surface area (Å²) in [6.07, 6.45) is 5.13. The zero-order valence-corrected chi connectivity index (χ0v) is 22.4. The van der Waals surface area contributed by atoms with Crippen molar-refractivity contribution in [3.63, 3.8) is 0 Å². The third-order valence-corrected chi connectivity index (χ3v) is 5.29. The Bertz CT molecular complexity index is 1300. The van der Waals surface area contributed by atoms with Gasteiger partial charge in [0.2, 0.25) is 0 Å². The number of benzene rings is 1. The number of primary amides is 1. The molecule has 2 N–H and O–H groups in total. The Morgan fingerprint density at radius 2 is 1.69 bits per heavy atom.